The Morgan fingerprint density at radius 3 is 1.98 bits per heavy atom. The molecule has 0 saturated carbocycles. The van der Waals surface area contributed by atoms with Gasteiger partial charge in [0.2, 0.25) is 0 Å². The molecule has 1 aromatic heterocycles. The normalized spacial score (nSPS) is 11.7. The minimum absolute atomic E-state index is 0.975. The van der Waals surface area contributed by atoms with Gasteiger partial charge in [-0.3, -0.25) is 0 Å². The Labute approximate surface area is 275 Å². The molecule has 0 atom stereocenters. The van der Waals surface area contributed by atoms with Crippen LogP contribution in [0.3, 0.4) is 0 Å². The maximum atomic E-state index is 2.53. The van der Waals surface area contributed by atoms with E-state index in [0.29, 0.717) is 0 Å². The summed E-state index contributed by atoms with van der Waals surface area (Å²) in [6.07, 6.45) is 0.975. The van der Waals surface area contributed by atoms with Gasteiger partial charge in [0, 0.05) is 39.0 Å². The summed E-state index contributed by atoms with van der Waals surface area (Å²) >= 11 is 0. The highest BCUT2D eigenvalue weighted by Gasteiger charge is 2.28. The van der Waals surface area contributed by atoms with E-state index in [-0.39, 0.29) is 0 Å². The van der Waals surface area contributed by atoms with Crippen molar-refractivity contribution in [3.8, 4) is 39.1 Å². The number of para-hydroxylation sites is 2. The predicted octanol–water partition coefficient (Wildman–Crippen LogP) is 12.4. The van der Waals surface area contributed by atoms with Crippen molar-refractivity contribution >= 4 is 38.9 Å². The van der Waals surface area contributed by atoms with Crippen molar-refractivity contribution in [1.29, 1.82) is 0 Å². The molecule has 2 heterocycles. The fourth-order valence-corrected chi connectivity index (χ4v) is 7.68. The third kappa shape index (κ3) is 4.26. The summed E-state index contributed by atoms with van der Waals surface area (Å²) in [6.45, 7) is 4.54. The standard InChI is InChI=1S/C45H34N2/c1-3-31-23-27-39-37-18-10-11-20-41(37)47-42-28-26-36(29-40(42)38-19-12-13-30(2)43(38)44(31)45(39)47)46(34-16-8-5-9-17-34)35-24-21-33(22-25-35)32-14-6-4-7-15-32/h4-29H,3H2,1-2H3. The fraction of sp³-hybridized carbons (Fsp3) is 0.0667. The first kappa shape index (κ1) is 27.5. The maximum Gasteiger partial charge on any atom is 0.0622 e. The zero-order chi connectivity index (χ0) is 31.5. The van der Waals surface area contributed by atoms with E-state index in [0.717, 1.165) is 23.5 Å². The molecule has 0 spiro atoms. The molecule has 0 unspecified atom stereocenters. The third-order valence-corrected chi connectivity index (χ3v) is 9.84. The highest BCUT2D eigenvalue weighted by Crippen LogP contribution is 2.50. The van der Waals surface area contributed by atoms with Crippen molar-refractivity contribution < 1.29 is 0 Å². The van der Waals surface area contributed by atoms with Gasteiger partial charge >= 0.3 is 0 Å². The Morgan fingerprint density at radius 2 is 1.19 bits per heavy atom. The second kappa shape index (κ2) is 10.9. The molecular weight excluding hydrogens is 569 g/mol. The SMILES string of the molecule is CCc1ccc2c3ccccc3n3c2c1-c1c(C)cccc1-c1cc(N(c2ccccc2)c2ccc(-c4ccccc4)cc2)ccc1-3. The van der Waals surface area contributed by atoms with Gasteiger partial charge in [-0.25, -0.2) is 0 Å². The quantitative estimate of drug-likeness (QED) is 0.190. The zero-order valence-electron chi connectivity index (χ0n) is 26.6. The van der Waals surface area contributed by atoms with Crippen molar-refractivity contribution in [3.63, 3.8) is 0 Å². The average Bonchev–Trinajstić information content (AvgIpc) is 3.40. The van der Waals surface area contributed by atoms with Gasteiger partial charge in [-0.15, -0.1) is 0 Å². The first-order valence-corrected chi connectivity index (χ1v) is 16.5. The molecule has 0 N–H and O–H groups in total. The Kier molecular flexibility index (Phi) is 6.36. The van der Waals surface area contributed by atoms with Crippen LogP contribution in [0.1, 0.15) is 18.1 Å². The first-order valence-electron chi connectivity index (χ1n) is 16.5. The minimum atomic E-state index is 0.975. The molecule has 2 heteroatoms. The molecule has 0 saturated heterocycles. The summed E-state index contributed by atoms with van der Waals surface area (Å²) in [6, 6.07) is 57.6. The van der Waals surface area contributed by atoms with Crippen LogP contribution >= 0.6 is 0 Å². The lowest BCUT2D eigenvalue weighted by Gasteiger charge is -2.27. The van der Waals surface area contributed by atoms with Gasteiger partial charge in [-0.1, -0.05) is 116 Å². The van der Waals surface area contributed by atoms with Crippen LogP contribution in [0, 0.1) is 6.92 Å². The van der Waals surface area contributed by atoms with E-state index in [2.05, 4.69) is 181 Å². The second-order valence-electron chi connectivity index (χ2n) is 12.5. The number of benzene rings is 7. The smallest absolute Gasteiger partial charge is 0.0622 e. The van der Waals surface area contributed by atoms with Gasteiger partial charge in [0.05, 0.1) is 16.7 Å². The number of aryl methyl sites for hydroxylation is 2. The molecule has 2 nitrogen and oxygen atoms in total. The Bertz CT molecular complexity index is 2430. The monoisotopic (exact) mass is 602 g/mol. The van der Waals surface area contributed by atoms with Gasteiger partial charge in [0.25, 0.3) is 0 Å². The number of rotatable bonds is 5. The molecule has 0 amide bonds. The highest BCUT2D eigenvalue weighted by atomic mass is 15.1. The van der Waals surface area contributed by atoms with Gasteiger partial charge in [-0.05, 0) is 95.3 Å². The highest BCUT2D eigenvalue weighted by molar-refractivity contribution is 6.17. The fourth-order valence-electron chi connectivity index (χ4n) is 7.68. The van der Waals surface area contributed by atoms with Crippen molar-refractivity contribution in [2.45, 2.75) is 20.3 Å². The molecule has 1 aliphatic rings. The van der Waals surface area contributed by atoms with E-state index in [1.54, 1.807) is 0 Å². The van der Waals surface area contributed by atoms with Crippen LogP contribution in [0.25, 0.3) is 60.9 Å². The van der Waals surface area contributed by atoms with Gasteiger partial charge in [-0.2, -0.15) is 0 Å². The number of fused-ring (bicyclic) bond motifs is 8. The van der Waals surface area contributed by atoms with E-state index >= 15 is 0 Å². The lowest BCUT2D eigenvalue weighted by molar-refractivity contribution is 1.13. The summed E-state index contributed by atoms with van der Waals surface area (Å²) in [5.74, 6) is 0. The molecule has 224 valence electrons. The molecule has 1 aliphatic heterocycles. The summed E-state index contributed by atoms with van der Waals surface area (Å²) in [4.78, 5) is 2.38. The zero-order valence-corrected chi connectivity index (χ0v) is 26.6. The van der Waals surface area contributed by atoms with Gasteiger partial charge in [0.1, 0.15) is 0 Å². The molecule has 9 rings (SSSR count). The molecule has 47 heavy (non-hydrogen) atoms. The first-order chi connectivity index (χ1) is 23.2. The molecule has 0 aliphatic carbocycles. The van der Waals surface area contributed by atoms with Crippen molar-refractivity contribution in [1.82, 2.24) is 4.57 Å². The largest absolute Gasteiger partial charge is 0.310 e. The average molecular weight is 603 g/mol. The minimum Gasteiger partial charge on any atom is -0.310 e. The Balaban J connectivity index is 1.32. The molecule has 0 bridgehead atoms. The number of hydrogen-bond acceptors (Lipinski definition) is 1. The molecular formula is C45H34N2. The molecule has 8 aromatic rings. The Hall–Kier alpha value is -5.86. The number of anilines is 3. The van der Waals surface area contributed by atoms with Crippen LogP contribution in [0.5, 0.6) is 0 Å². The summed E-state index contributed by atoms with van der Waals surface area (Å²) in [5, 5.41) is 2.60. The van der Waals surface area contributed by atoms with Crippen molar-refractivity contribution in [2.75, 3.05) is 4.90 Å². The van der Waals surface area contributed by atoms with E-state index in [1.807, 2.05) is 0 Å². The topological polar surface area (TPSA) is 8.17 Å². The predicted molar refractivity (Wildman–Crippen MR) is 199 cm³/mol. The van der Waals surface area contributed by atoms with Gasteiger partial charge in [0.15, 0.2) is 0 Å². The van der Waals surface area contributed by atoms with Gasteiger partial charge < -0.3 is 9.47 Å². The van der Waals surface area contributed by atoms with Crippen LogP contribution < -0.4 is 4.90 Å². The summed E-state index contributed by atoms with van der Waals surface area (Å²) < 4.78 is 2.53. The molecule has 0 radical (unpaired) electrons. The van der Waals surface area contributed by atoms with E-state index in [9.17, 15) is 0 Å². The van der Waals surface area contributed by atoms with Crippen LogP contribution in [-0.2, 0) is 6.42 Å². The maximum absolute atomic E-state index is 2.53. The number of nitrogens with zero attached hydrogens (tertiary/aromatic N) is 2. The third-order valence-electron chi connectivity index (χ3n) is 9.84. The van der Waals surface area contributed by atoms with Crippen molar-refractivity contribution in [2.24, 2.45) is 0 Å². The van der Waals surface area contributed by atoms with Crippen LogP contribution in [0.2, 0.25) is 0 Å². The Morgan fingerprint density at radius 1 is 0.511 bits per heavy atom. The van der Waals surface area contributed by atoms with E-state index in [1.165, 1.54) is 72.0 Å². The number of hydrogen-bond donors (Lipinski definition) is 0. The van der Waals surface area contributed by atoms with E-state index < -0.39 is 0 Å². The van der Waals surface area contributed by atoms with Crippen LogP contribution in [-0.4, -0.2) is 4.57 Å². The molecule has 0 fully saturated rings. The lowest BCUT2D eigenvalue weighted by atomic mass is 9.87. The summed E-state index contributed by atoms with van der Waals surface area (Å²) in [7, 11) is 0. The van der Waals surface area contributed by atoms with Crippen molar-refractivity contribution in [3.05, 3.63) is 169 Å². The van der Waals surface area contributed by atoms with Crippen LogP contribution in [0.4, 0.5) is 17.1 Å². The second-order valence-corrected chi connectivity index (χ2v) is 12.5. The lowest BCUT2D eigenvalue weighted by Crippen LogP contribution is -2.10. The number of aromatic nitrogens is 1. The van der Waals surface area contributed by atoms with Crippen LogP contribution in [0.15, 0.2) is 158 Å². The summed E-state index contributed by atoms with van der Waals surface area (Å²) in [5.41, 5.74) is 17.5. The van der Waals surface area contributed by atoms with E-state index in [4.69, 9.17) is 0 Å². The molecule has 7 aromatic carbocycles.